The molecule has 1 aliphatic rings. The van der Waals surface area contributed by atoms with Gasteiger partial charge in [0.25, 0.3) is 0 Å². The second-order valence-electron chi connectivity index (χ2n) is 5.16. The minimum absolute atomic E-state index is 0.0106. The lowest BCUT2D eigenvalue weighted by Gasteiger charge is -2.18. The Hall–Kier alpha value is -1.98. The van der Waals surface area contributed by atoms with Gasteiger partial charge in [0.05, 0.1) is 11.3 Å². The van der Waals surface area contributed by atoms with E-state index in [-0.39, 0.29) is 33.5 Å². The van der Waals surface area contributed by atoms with E-state index in [4.69, 9.17) is 32.4 Å². The number of ether oxygens (including phenoxy) is 1. The van der Waals surface area contributed by atoms with Crippen LogP contribution in [0, 0.1) is 0 Å². The van der Waals surface area contributed by atoms with Crippen LogP contribution in [0.25, 0.3) is 0 Å². The van der Waals surface area contributed by atoms with Crippen molar-refractivity contribution in [1.29, 1.82) is 0 Å². The van der Waals surface area contributed by atoms with Gasteiger partial charge in [0.15, 0.2) is 5.76 Å². The molecule has 5 nitrogen and oxygen atoms in total. The molecule has 1 unspecified atom stereocenters. The highest BCUT2D eigenvalue weighted by Crippen LogP contribution is 2.45. The van der Waals surface area contributed by atoms with Crippen molar-refractivity contribution in [2.24, 2.45) is 0 Å². The number of carbonyl (C=O) groups excluding carboxylic acids is 1. The van der Waals surface area contributed by atoms with E-state index >= 15 is 0 Å². The monoisotopic (exact) mass is 340 g/mol. The molecule has 22 heavy (non-hydrogen) atoms. The number of carbonyl (C=O) groups is 2. The summed E-state index contributed by atoms with van der Waals surface area (Å²) >= 11 is 12.3. The third kappa shape index (κ3) is 2.17. The fourth-order valence-corrected chi connectivity index (χ4v) is 2.84. The SMILES string of the molecule is CC1(C(=O)O)Cc2cc(C(=O)c3ccco3)c(Cl)c(Cl)c2O1. The van der Waals surface area contributed by atoms with Crippen molar-refractivity contribution in [2.45, 2.75) is 18.9 Å². The second-order valence-corrected chi connectivity index (χ2v) is 5.92. The van der Waals surface area contributed by atoms with E-state index in [1.165, 1.54) is 25.3 Å². The van der Waals surface area contributed by atoms with E-state index in [0.29, 0.717) is 5.56 Å². The van der Waals surface area contributed by atoms with Gasteiger partial charge in [0.2, 0.25) is 11.4 Å². The summed E-state index contributed by atoms with van der Waals surface area (Å²) in [6, 6.07) is 4.60. The van der Waals surface area contributed by atoms with Crippen LogP contribution >= 0.6 is 23.2 Å². The fourth-order valence-electron chi connectivity index (χ4n) is 2.35. The molecule has 0 aliphatic carbocycles. The van der Waals surface area contributed by atoms with E-state index in [0.717, 1.165) is 0 Å². The molecule has 1 atom stereocenters. The summed E-state index contributed by atoms with van der Waals surface area (Å²) in [5.41, 5.74) is -0.755. The number of carboxylic acid groups (broad SMARTS) is 1. The van der Waals surface area contributed by atoms with Gasteiger partial charge in [-0.15, -0.1) is 0 Å². The number of hydrogen-bond donors (Lipinski definition) is 1. The van der Waals surface area contributed by atoms with Gasteiger partial charge in [-0.2, -0.15) is 0 Å². The van der Waals surface area contributed by atoms with E-state index in [1.54, 1.807) is 6.07 Å². The Morgan fingerprint density at radius 1 is 1.32 bits per heavy atom. The maximum absolute atomic E-state index is 12.4. The number of hydrogen-bond acceptors (Lipinski definition) is 4. The van der Waals surface area contributed by atoms with Crippen LogP contribution in [0.1, 0.15) is 28.6 Å². The Balaban J connectivity index is 2.09. The number of halogens is 2. The largest absolute Gasteiger partial charge is 0.478 e. The number of furan rings is 1. The van der Waals surface area contributed by atoms with Crippen molar-refractivity contribution >= 4 is 35.0 Å². The van der Waals surface area contributed by atoms with Gasteiger partial charge >= 0.3 is 5.97 Å². The van der Waals surface area contributed by atoms with Crippen molar-refractivity contribution < 1.29 is 23.8 Å². The molecule has 114 valence electrons. The molecule has 1 aromatic carbocycles. The van der Waals surface area contributed by atoms with Gasteiger partial charge in [-0.25, -0.2) is 4.79 Å². The number of benzene rings is 1. The Bertz CT molecular complexity index is 782. The Morgan fingerprint density at radius 2 is 2.05 bits per heavy atom. The second kappa shape index (κ2) is 5.04. The van der Waals surface area contributed by atoms with E-state index in [1.807, 2.05) is 0 Å². The van der Waals surface area contributed by atoms with E-state index < -0.39 is 17.4 Å². The minimum Gasteiger partial charge on any atom is -0.478 e. The molecule has 7 heteroatoms. The summed E-state index contributed by atoms with van der Waals surface area (Å²) in [6.45, 7) is 1.44. The molecule has 0 saturated carbocycles. The summed E-state index contributed by atoms with van der Waals surface area (Å²) in [7, 11) is 0. The molecule has 3 rings (SSSR count). The predicted octanol–water partition coefficient (Wildman–Crippen LogP) is 3.60. The highest BCUT2D eigenvalue weighted by molar-refractivity contribution is 6.45. The number of rotatable bonds is 3. The molecule has 2 heterocycles. The standard InChI is InChI=1S/C15H10Cl2O5/c1-15(14(19)20)6-7-5-8(10(16)11(17)13(7)22-15)12(18)9-3-2-4-21-9/h2-5H,6H2,1H3,(H,19,20). The summed E-state index contributed by atoms with van der Waals surface area (Å²) in [5, 5.41) is 9.29. The first kappa shape index (κ1) is 14.9. The van der Waals surface area contributed by atoms with Crippen molar-refractivity contribution in [3.63, 3.8) is 0 Å². The fraction of sp³-hybridized carbons (Fsp3) is 0.200. The molecule has 0 radical (unpaired) electrons. The van der Waals surface area contributed by atoms with Crippen LogP contribution in [0.15, 0.2) is 28.9 Å². The van der Waals surface area contributed by atoms with E-state index in [2.05, 4.69) is 0 Å². The zero-order valence-electron chi connectivity index (χ0n) is 11.4. The predicted molar refractivity (Wildman–Crippen MR) is 79.0 cm³/mol. The van der Waals surface area contributed by atoms with Crippen LogP contribution in [0.5, 0.6) is 5.75 Å². The molecule has 0 amide bonds. The molecule has 1 aliphatic heterocycles. The van der Waals surface area contributed by atoms with Crippen LogP contribution in [0.2, 0.25) is 10.0 Å². The van der Waals surface area contributed by atoms with Crippen molar-refractivity contribution in [3.8, 4) is 5.75 Å². The van der Waals surface area contributed by atoms with Crippen molar-refractivity contribution in [1.82, 2.24) is 0 Å². The third-order valence-corrected chi connectivity index (χ3v) is 4.39. The highest BCUT2D eigenvalue weighted by atomic mass is 35.5. The Labute approximate surface area is 135 Å². The zero-order valence-corrected chi connectivity index (χ0v) is 12.9. The van der Waals surface area contributed by atoms with Crippen LogP contribution in [0.4, 0.5) is 0 Å². The zero-order chi connectivity index (χ0) is 16.1. The molecule has 0 fully saturated rings. The molecule has 0 spiro atoms. The lowest BCUT2D eigenvalue weighted by atomic mass is 9.97. The average molecular weight is 341 g/mol. The smallest absolute Gasteiger partial charge is 0.348 e. The average Bonchev–Trinajstić information content (AvgIpc) is 3.10. The minimum atomic E-state index is -1.43. The molecule has 0 bridgehead atoms. The summed E-state index contributed by atoms with van der Waals surface area (Å²) in [6.07, 6.45) is 1.47. The van der Waals surface area contributed by atoms with Gasteiger partial charge in [-0.05, 0) is 25.1 Å². The number of aliphatic carboxylic acids is 1. The van der Waals surface area contributed by atoms with Crippen LogP contribution in [-0.4, -0.2) is 22.5 Å². The van der Waals surface area contributed by atoms with Crippen LogP contribution < -0.4 is 4.74 Å². The van der Waals surface area contributed by atoms with Gasteiger partial charge in [-0.3, -0.25) is 4.79 Å². The quantitative estimate of drug-likeness (QED) is 0.864. The molecular weight excluding hydrogens is 331 g/mol. The first-order valence-electron chi connectivity index (χ1n) is 6.35. The van der Waals surface area contributed by atoms with Crippen LogP contribution in [-0.2, 0) is 11.2 Å². The number of ketones is 1. The summed E-state index contributed by atoms with van der Waals surface area (Å²) in [5.74, 6) is -1.22. The number of carboxylic acids is 1. The highest BCUT2D eigenvalue weighted by Gasteiger charge is 2.44. The maximum atomic E-state index is 12.4. The molecule has 0 saturated heterocycles. The first-order chi connectivity index (χ1) is 10.3. The lowest BCUT2D eigenvalue weighted by molar-refractivity contribution is -0.152. The Morgan fingerprint density at radius 3 is 2.64 bits per heavy atom. The summed E-state index contributed by atoms with van der Waals surface area (Å²) in [4.78, 5) is 23.7. The van der Waals surface area contributed by atoms with E-state index in [9.17, 15) is 14.7 Å². The summed E-state index contributed by atoms with van der Waals surface area (Å²) < 4.78 is 10.5. The Kier molecular flexibility index (Phi) is 3.42. The van der Waals surface area contributed by atoms with Gasteiger partial charge in [0.1, 0.15) is 10.8 Å². The van der Waals surface area contributed by atoms with Crippen molar-refractivity contribution in [2.75, 3.05) is 0 Å². The normalized spacial score (nSPS) is 19.6. The molecule has 1 aromatic heterocycles. The third-order valence-electron chi connectivity index (χ3n) is 3.54. The number of fused-ring (bicyclic) bond motifs is 1. The topological polar surface area (TPSA) is 76.7 Å². The van der Waals surface area contributed by atoms with Crippen molar-refractivity contribution in [3.05, 3.63) is 51.4 Å². The molecule has 1 N–H and O–H groups in total. The lowest BCUT2D eigenvalue weighted by Crippen LogP contribution is -2.39. The van der Waals surface area contributed by atoms with Crippen LogP contribution in [0.3, 0.4) is 0 Å². The maximum Gasteiger partial charge on any atom is 0.348 e. The molecular formula is C15H10Cl2O5. The van der Waals surface area contributed by atoms with Gasteiger partial charge in [0, 0.05) is 17.5 Å². The first-order valence-corrected chi connectivity index (χ1v) is 7.10. The van der Waals surface area contributed by atoms with Gasteiger partial charge in [-0.1, -0.05) is 23.2 Å². The van der Waals surface area contributed by atoms with Gasteiger partial charge < -0.3 is 14.3 Å². The molecule has 2 aromatic rings.